The molecule has 1 amide bonds. The molecule has 7 heteroatoms. The van der Waals surface area contributed by atoms with Crippen molar-refractivity contribution in [2.45, 2.75) is 44.9 Å². The van der Waals surface area contributed by atoms with Crippen molar-refractivity contribution in [2.24, 2.45) is 5.92 Å². The number of carbonyl (C=O) groups excluding carboxylic acids is 1. The molecule has 1 aliphatic carbocycles. The first-order valence-corrected chi connectivity index (χ1v) is 11.5. The average Bonchev–Trinajstić information content (AvgIpc) is 2.80. The molecule has 0 radical (unpaired) electrons. The van der Waals surface area contributed by atoms with Gasteiger partial charge in [-0.2, -0.15) is 4.68 Å². The van der Waals surface area contributed by atoms with Crippen molar-refractivity contribution in [1.29, 1.82) is 0 Å². The maximum absolute atomic E-state index is 12.7. The number of aromatic nitrogens is 2. The van der Waals surface area contributed by atoms with Crippen molar-refractivity contribution >= 4 is 23.3 Å². The molecule has 0 saturated carbocycles. The molecular formula is C24H29ClN4O2. The Morgan fingerprint density at radius 3 is 2.90 bits per heavy atom. The maximum Gasteiger partial charge on any atom is 0.271 e. The highest BCUT2D eigenvalue weighted by Crippen LogP contribution is 2.23. The Morgan fingerprint density at radius 2 is 2.10 bits per heavy atom. The second-order valence-electron chi connectivity index (χ2n) is 8.36. The second kappa shape index (κ2) is 10.1. The first kappa shape index (κ1) is 21.6. The van der Waals surface area contributed by atoms with Gasteiger partial charge in [-0.1, -0.05) is 29.3 Å². The molecule has 1 atom stereocenters. The van der Waals surface area contributed by atoms with Crippen LogP contribution in [0.5, 0.6) is 0 Å². The molecule has 2 heterocycles. The zero-order chi connectivity index (χ0) is 21.6. The Kier molecular flexibility index (Phi) is 7.07. The van der Waals surface area contributed by atoms with Gasteiger partial charge in [-0.25, -0.2) is 0 Å². The molecule has 1 N–H and O–H groups in total. The van der Waals surface area contributed by atoms with Gasteiger partial charge in [0, 0.05) is 30.7 Å². The number of carbonyl (C=O) groups is 1. The topological polar surface area (TPSA) is 67.2 Å². The summed E-state index contributed by atoms with van der Waals surface area (Å²) in [5.41, 5.74) is 1.89. The van der Waals surface area contributed by atoms with Crippen molar-refractivity contribution in [2.75, 3.05) is 24.5 Å². The molecule has 1 fully saturated rings. The highest BCUT2D eigenvalue weighted by atomic mass is 35.5. The molecule has 6 nitrogen and oxygen atoms in total. The van der Waals surface area contributed by atoms with E-state index in [9.17, 15) is 9.59 Å². The van der Waals surface area contributed by atoms with Crippen molar-refractivity contribution in [3.05, 3.63) is 63.4 Å². The van der Waals surface area contributed by atoms with Gasteiger partial charge in [0.15, 0.2) is 0 Å². The van der Waals surface area contributed by atoms with Gasteiger partial charge in [0.1, 0.15) is 5.82 Å². The summed E-state index contributed by atoms with van der Waals surface area (Å²) in [7, 11) is 0. The van der Waals surface area contributed by atoms with Crippen LogP contribution in [0.15, 0.2) is 52.8 Å². The predicted molar refractivity (Wildman–Crippen MR) is 124 cm³/mol. The smallest absolute Gasteiger partial charge is 0.271 e. The number of allylic oxidation sites excluding steroid dienone is 1. The number of hydrogen-bond acceptors (Lipinski definition) is 4. The molecule has 4 rings (SSSR count). The molecule has 0 bridgehead atoms. The van der Waals surface area contributed by atoms with Crippen LogP contribution in [0.2, 0.25) is 5.02 Å². The van der Waals surface area contributed by atoms with E-state index in [1.807, 2.05) is 0 Å². The molecule has 1 saturated heterocycles. The fourth-order valence-electron chi connectivity index (χ4n) is 4.38. The lowest BCUT2D eigenvalue weighted by Crippen LogP contribution is -2.44. The SMILES string of the molecule is O=C(NCCC1=CCCCC1)[C@@H]1CCCN(c2ccc(=O)n(-c3cccc(Cl)c3)n2)C1. The van der Waals surface area contributed by atoms with Gasteiger partial charge in [-0.3, -0.25) is 9.59 Å². The third kappa shape index (κ3) is 5.56. The summed E-state index contributed by atoms with van der Waals surface area (Å²) in [5.74, 6) is 0.746. The molecule has 31 heavy (non-hydrogen) atoms. The van der Waals surface area contributed by atoms with Crippen molar-refractivity contribution < 1.29 is 4.79 Å². The van der Waals surface area contributed by atoms with Crippen LogP contribution in [0, 0.1) is 5.92 Å². The van der Waals surface area contributed by atoms with Crippen LogP contribution in [0.3, 0.4) is 0 Å². The maximum atomic E-state index is 12.7. The molecule has 1 aromatic carbocycles. The number of anilines is 1. The molecule has 0 unspecified atom stereocenters. The molecule has 2 aromatic rings. The van der Waals surface area contributed by atoms with Crippen LogP contribution >= 0.6 is 11.6 Å². The van der Waals surface area contributed by atoms with Gasteiger partial charge < -0.3 is 10.2 Å². The summed E-state index contributed by atoms with van der Waals surface area (Å²) in [6, 6.07) is 10.3. The molecular weight excluding hydrogens is 412 g/mol. The fraction of sp³-hybridized carbons (Fsp3) is 0.458. The zero-order valence-electron chi connectivity index (χ0n) is 17.7. The second-order valence-corrected chi connectivity index (χ2v) is 8.79. The van der Waals surface area contributed by atoms with Crippen molar-refractivity contribution in [1.82, 2.24) is 15.1 Å². The van der Waals surface area contributed by atoms with E-state index in [-0.39, 0.29) is 17.4 Å². The summed E-state index contributed by atoms with van der Waals surface area (Å²) >= 11 is 6.08. The summed E-state index contributed by atoms with van der Waals surface area (Å²) in [6.07, 6.45) is 9.97. The number of piperidine rings is 1. The normalized spacial score (nSPS) is 19.1. The number of nitrogens with one attached hydrogen (secondary N) is 1. The van der Waals surface area contributed by atoms with E-state index >= 15 is 0 Å². The summed E-state index contributed by atoms with van der Waals surface area (Å²) in [6.45, 7) is 2.13. The fourth-order valence-corrected chi connectivity index (χ4v) is 4.57. The lowest BCUT2D eigenvalue weighted by atomic mass is 9.96. The highest BCUT2D eigenvalue weighted by molar-refractivity contribution is 6.30. The predicted octanol–water partition coefficient (Wildman–Crippen LogP) is 4.11. The molecule has 0 spiro atoms. The highest BCUT2D eigenvalue weighted by Gasteiger charge is 2.26. The number of rotatable bonds is 6. The van der Waals surface area contributed by atoms with E-state index in [1.165, 1.54) is 42.0 Å². The van der Waals surface area contributed by atoms with Gasteiger partial charge in [0.2, 0.25) is 5.91 Å². The number of benzene rings is 1. The summed E-state index contributed by atoms with van der Waals surface area (Å²) in [5, 5.41) is 8.24. The van der Waals surface area contributed by atoms with E-state index in [0.29, 0.717) is 29.6 Å². The summed E-state index contributed by atoms with van der Waals surface area (Å²) in [4.78, 5) is 27.2. The van der Waals surface area contributed by atoms with E-state index < -0.39 is 0 Å². The molecule has 2 aliphatic rings. The van der Waals surface area contributed by atoms with Crippen LogP contribution < -0.4 is 15.8 Å². The average molecular weight is 441 g/mol. The lowest BCUT2D eigenvalue weighted by molar-refractivity contribution is -0.125. The van der Waals surface area contributed by atoms with E-state index in [0.717, 1.165) is 25.8 Å². The van der Waals surface area contributed by atoms with Crippen molar-refractivity contribution in [3.63, 3.8) is 0 Å². The zero-order valence-corrected chi connectivity index (χ0v) is 18.5. The molecule has 164 valence electrons. The van der Waals surface area contributed by atoms with Crippen LogP contribution in [-0.2, 0) is 4.79 Å². The quantitative estimate of drug-likeness (QED) is 0.686. The lowest BCUT2D eigenvalue weighted by Gasteiger charge is -2.33. The Morgan fingerprint density at radius 1 is 1.19 bits per heavy atom. The Labute approximate surface area is 187 Å². The van der Waals surface area contributed by atoms with E-state index in [1.54, 1.807) is 30.3 Å². The van der Waals surface area contributed by atoms with Gasteiger partial charge >= 0.3 is 0 Å². The number of hydrogen-bond donors (Lipinski definition) is 1. The number of amides is 1. The minimum Gasteiger partial charge on any atom is -0.355 e. The first-order chi connectivity index (χ1) is 15.1. The van der Waals surface area contributed by atoms with E-state index in [4.69, 9.17) is 11.6 Å². The van der Waals surface area contributed by atoms with Gasteiger partial charge in [-0.05, 0) is 69.2 Å². The molecule has 1 aromatic heterocycles. The minimum atomic E-state index is -0.214. The monoisotopic (exact) mass is 440 g/mol. The largest absolute Gasteiger partial charge is 0.355 e. The van der Waals surface area contributed by atoms with Crippen LogP contribution in [-0.4, -0.2) is 35.3 Å². The summed E-state index contributed by atoms with van der Waals surface area (Å²) < 4.78 is 1.36. The Hall–Kier alpha value is -2.60. The standard InChI is InChI=1S/C24H29ClN4O2/c25-20-9-4-10-21(16-20)29-23(30)12-11-22(27-29)28-15-5-8-19(17-28)24(31)26-14-13-18-6-2-1-3-7-18/h4,6,9-12,16,19H,1-3,5,7-8,13-15,17H2,(H,26,31)/t19-/m1/s1. The van der Waals surface area contributed by atoms with Gasteiger partial charge in [0.25, 0.3) is 5.56 Å². The number of halogens is 1. The third-order valence-electron chi connectivity index (χ3n) is 6.09. The van der Waals surface area contributed by atoms with Crippen LogP contribution in [0.1, 0.15) is 44.9 Å². The molecule has 1 aliphatic heterocycles. The van der Waals surface area contributed by atoms with Crippen molar-refractivity contribution in [3.8, 4) is 5.69 Å². The Balaban J connectivity index is 1.40. The number of nitrogens with zero attached hydrogens (tertiary/aromatic N) is 3. The van der Waals surface area contributed by atoms with Gasteiger partial charge in [-0.15, -0.1) is 5.10 Å². The van der Waals surface area contributed by atoms with E-state index in [2.05, 4.69) is 21.4 Å². The first-order valence-electron chi connectivity index (χ1n) is 11.2. The van der Waals surface area contributed by atoms with Gasteiger partial charge in [0.05, 0.1) is 11.6 Å². The van der Waals surface area contributed by atoms with Crippen LogP contribution in [0.4, 0.5) is 5.82 Å². The minimum absolute atomic E-state index is 0.0672. The van der Waals surface area contributed by atoms with Crippen LogP contribution in [0.25, 0.3) is 5.69 Å². The third-order valence-corrected chi connectivity index (χ3v) is 6.32. The Bertz CT molecular complexity index is 1020.